The van der Waals surface area contributed by atoms with Crippen LogP contribution in [-0.4, -0.2) is 48.0 Å². The van der Waals surface area contributed by atoms with Crippen LogP contribution in [0.3, 0.4) is 0 Å². The quantitative estimate of drug-likeness (QED) is 0.461. The SMILES string of the molecule is CCSC(c1coc(-c2ccc(OCCCN(C)C)cc2)n1)c1ccccc1O. The molecule has 6 heteroatoms. The topological polar surface area (TPSA) is 58.7 Å². The number of aromatic nitrogens is 1. The lowest BCUT2D eigenvalue weighted by atomic mass is 10.1. The number of thioether (sulfide) groups is 1. The maximum Gasteiger partial charge on any atom is 0.226 e. The fourth-order valence-electron chi connectivity index (χ4n) is 3.01. The predicted molar refractivity (Wildman–Crippen MR) is 119 cm³/mol. The van der Waals surface area contributed by atoms with Crippen LogP contribution in [0.1, 0.15) is 29.9 Å². The first kappa shape index (κ1) is 21.3. The molecule has 0 saturated heterocycles. The zero-order valence-electron chi connectivity index (χ0n) is 17.2. The normalized spacial score (nSPS) is 12.3. The highest BCUT2D eigenvalue weighted by atomic mass is 32.2. The summed E-state index contributed by atoms with van der Waals surface area (Å²) in [4.78, 5) is 6.84. The molecule has 3 rings (SSSR count). The van der Waals surface area contributed by atoms with Crippen molar-refractivity contribution in [1.82, 2.24) is 9.88 Å². The number of oxazole rings is 1. The minimum Gasteiger partial charge on any atom is -0.508 e. The third kappa shape index (κ3) is 5.78. The number of para-hydroxylation sites is 1. The third-order valence-corrected chi connectivity index (χ3v) is 5.62. The van der Waals surface area contributed by atoms with E-state index < -0.39 is 0 Å². The second-order valence-electron chi connectivity index (χ2n) is 7.00. The van der Waals surface area contributed by atoms with E-state index in [0.29, 0.717) is 12.5 Å². The van der Waals surface area contributed by atoms with E-state index >= 15 is 0 Å². The monoisotopic (exact) mass is 412 g/mol. The maximum absolute atomic E-state index is 10.3. The molecule has 1 unspecified atom stereocenters. The van der Waals surface area contributed by atoms with Crippen LogP contribution in [0.5, 0.6) is 11.5 Å². The molecular weight excluding hydrogens is 384 g/mol. The smallest absolute Gasteiger partial charge is 0.226 e. The number of benzene rings is 2. The van der Waals surface area contributed by atoms with Gasteiger partial charge < -0.3 is 19.2 Å². The lowest BCUT2D eigenvalue weighted by Gasteiger charge is -2.14. The van der Waals surface area contributed by atoms with Gasteiger partial charge in [0.05, 0.1) is 17.6 Å². The van der Waals surface area contributed by atoms with Crippen LogP contribution in [0.15, 0.2) is 59.2 Å². The molecule has 0 radical (unpaired) electrons. The molecule has 0 aliphatic heterocycles. The fraction of sp³-hybridized carbons (Fsp3) is 0.348. The first-order chi connectivity index (χ1) is 14.1. The van der Waals surface area contributed by atoms with Gasteiger partial charge >= 0.3 is 0 Å². The highest BCUT2D eigenvalue weighted by molar-refractivity contribution is 7.99. The van der Waals surface area contributed by atoms with Crippen molar-refractivity contribution in [2.24, 2.45) is 0 Å². The van der Waals surface area contributed by atoms with Gasteiger partial charge in [0.25, 0.3) is 0 Å². The Hall–Kier alpha value is -2.44. The van der Waals surface area contributed by atoms with Gasteiger partial charge in [-0.2, -0.15) is 0 Å². The Morgan fingerprint density at radius 1 is 1.14 bits per heavy atom. The molecule has 0 fully saturated rings. The molecule has 1 atom stereocenters. The Labute approximate surface area is 176 Å². The highest BCUT2D eigenvalue weighted by Crippen LogP contribution is 2.40. The molecule has 0 amide bonds. The summed E-state index contributed by atoms with van der Waals surface area (Å²) in [6.07, 6.45) is 2.67. The average molecular weight is 413 g/mol. The molecule has 5 nitrogen and oxygen atoms in total. The van der Waals surface area contributed by atoms with E-state index in [-0.39, 0.29) is 11.0 Å². The van der Waals surface area contributed by atoms with Crippen molar-refractivity contribution < 1.29 is 14.3 Å². The van der Waals surface area contributed by atoms with Crippen molar-refractivity contribution in [2.75, 3.05) is 33.0 Å². The average Bonchev–Trinajstić information content (AvgIpc) is 3.20. The molecule has 1 heterocycles. The molecule has 0 aliphatic rings. The van der Waals surface area contributed by atoms with E-state index in [1.807, 2.05) is 42.5 Å². The van der Waals surface area contributed by atoms with Crippen molar-refractivity contribution in [2.45, 2.75) is 18.6 Å². The van der Waals surface area contributed by atoms with Crippen molar-refractivity contribution in [1.29, 1.82) is 0 Å². The second kappa shape index (κ2) is 10.4. The van der Waals surface area contributed by atoms with Crippen molar-refractivity contribution in [3.05, 3.63) is 66.1 Å². The molecule has 1 aromatic heterocycles. The first-order valence-corrected chi connectivity index (χ1v) is 10.9. The molecule has 3 aromatic rings. The number of ether oxygens (including phenoxy) is 1. The van der Waals surface area contributed by atoms with Crippen molar-refractivity contribution in [3.63, 3.8) is 0 Å². The highest BCUT2D eigenvalue weighted by Gasteiger charge is 2.21. The summed E-state index contributed by atoms with van der Waals surface area (Å²) in [5.41, 5.74) is 2.55. The number of phenolic OH excluding ortho intramolecular Hbond substituents is 1. The van der Waals surface area contributed by atoms with Gasteiger partial charge in [0.1, 0.15) is 17.8 Å². The summed E-state index contributed by atoms with van der Waals surface area (Å²) in [7, 11) is 4.12. The summed E-state index contributed by atoms with van der Waals surface area (Å²) in [5, 5.41) is 10.2. The van der Waals surface area contributed by atoms with E-state index in [4.69, 9.17) is 14.1 Å². The molecular formula is C23H28N2O3S. The van der Waals surface area contributed by atoms with Gasteiger partial charge in [-0.15, -0.1) is 11.8 Å². The van der Waals surface area contributed by atoms with E-state index in [1.165, 1.54) is 0 Å². The van der Waals surface area contributed by atoms with Gasteiger partial charge in [0.15, 0.2) is 0 Å². The van der Waals surface area contributed by atoms with Crippen LogP contribution in [-0.2, 0) is 0 Å². The molecule has 0 spiro atoms. The number of phenols is 1. The summed E-state index contributed by atoms with van der Waals surface area (Å²) >= 11 is 1.71. The Morgan fingerprint density at radius 2 is 1.90 bits per heavy atom. The summed E-state index contributed by atoms with van der Waals surface area (Å²) in [6.45, 7) is 3.79. The maximum atomic E-state index is 10.3. The molecule has 29 heavy (non-hydrogen) atoms. The standard InChI is InChI=1S/C23H28N2O3S/c1-4-29-22(19-8-5-6-9-21(19)26)20-16-28-23(24-20)17-10-12-18(13-11-17)27-15-7-14-25(2)3/h5-6,8-13,16,22,26H,4,7,14-15H2,1-3H3. The lowest BCUT2D eigenvalue weighted by molar-refractivity contribution is 0.281. The van der Waals surface area contributed by atoms with Gasteiger partial charge in [0.2, 0.25) is 5.89 Å². The number of hydrogen-bond acceptors (Lipinski definition) is 6. The Morgan fingerprint density at radius 3 is 2.59 bits per heavy atom. The minimum atomic E-state index is -0.0713. The number of nitrogens with zero attached hydrogens (tertiary/aromatic N) is 2. The van der Waals surface area contributed by atoms with Gasteiger partial charge in [-0.1, -0.05) is 25.1 Å². The van der Waals surface area contributed by atoms with Crippen LogP contribution in [0.4, 0.5) is 0 Å². The third-order valence-electron chi connectivity index (χ3n) is 4.46. The summed E-state index contributed by atoms with van der Waals surface area (Å²) in [6, 6.07) is 15.2. The Kier molecular flexibility index (Phi) is 7.61. The Balaban J connectivity index is 1.70. The van der Waals surface area contributed by atoms with Crippen LogP contribution >= 0.6 is 11.8 Å². The second-order valence-corrected chi connectivity index (χ2v) is 8.38. The number of rotatable bonds is 10. The fourth-order valence-corrected chi connectivity index (χ4v) is 4.01. The number of aromatic hydroxyl groups is 1. The molecule has 0 aliphatic carbocycles. The van der Waals surface area contributed by atoms with E-state index in [1.54, 1.807) is 24.1 Å². The van der Waals surface area contributed by atoms with Gasteiger partial charge in [0, 0.05) is 17.7 Å². The zero-order chi connectivity index (χ0) is 20.6. The molecule has 154 valence electrons. The molecule has 0 saturated carbocycles. The van der Waals surface area contributed by atoms with Crippen LogP contribution < -0.4 is 4.74 Å². The predicted octanol–water partition coefficient (Wildman–Crippen LogP) is 5.22. The van der Waals surface area contributed by atoms with E-state index in [2.05, 4.69) is 25.9 Å². The summed E-state index contributed by atoms with van der Waals surface area (Å²) in [5.74, 6) is 2.59. The van der Waals surface area contributed by atoms with Crippen LogP contribution in [0.2, 0.25) is 0 Å². The molecule has 1 N–H and O–H groups in total. The van der Waals surface area contributed by atoms with Gasteiger partial charge in [-0.25, -0.2) is 4.98 Å². The largest absolute Gasteiger partial charge is 0.508 e. The van der Waals surface area contributed by atoms with E-state index in [0.717, 1.165) is 41.3 Å². The van der Waals surface area contributed by atoms with Crippen molar-refractivity contribution in [3.8, 4) is 23.0 Å². The molecule has 0 bridgehead atoms. The van der Waals surface area contributed by atoms with Crippen LogP contribution in [0.25, 0.3) is 11.5 Å². The number of hydrogen-bond donors (Lipinski definition) is 1. The van der Waals surface area contributed by atoms with E-state index in [9.17, 15) is 5.11 Å². The van der Waals surface area contributed by atoms with Gasteiger partial charge in [-0.3, -0.25) is 0 Å². The Bertz CT molecular complexity index is 893. The minimum absolute atomic E-state index is 0.0713. The summed E-state index contributed by atoms with van der Waals surface area (Å²) < 4.78 is 11.5. The van der Waals surface area contributed by atoms with Crippen molar-refractivity contribution >= 4 is 11.8 Å². The van der Waals surface area contributed by atoms with Crippen LogP contribution in [0, 0.1) is 0 Å². The van der Waals surface area contributed by atoms with Gasteiger partial charge in [-0.05, 0) is 56.6 Å². The first-order valence-electron chi connectivity index (χ1n) is 9.81. The zero-order valence-corrected chi connectivity index (χ0v) is 18.0. The molecule has 2 aromatic carbocycles. The lowest BCUT2D eigenvalue weighted by Crippen LogP contribution is -2.15.